The molecule has 12 nitrogen and oxygen atoms in total. The van der Waals surface area contributed by atoms with E-state index in [2.05, 4.69) is 0 Å². The van der Waals surface area contributed by atoms with Gasteiger partial charge in [0.05, 0.1) is 26.4 Å². The zero-order valence-electron chi connectivity index (χ0n) is 11.0. The molecule has 0 atom stereocenters. The number of rotatable bonds is 4. The molecule has 0 bridgehead atoms. The Balaban J connectivity index is -0.0000000533. The number of hydrogen-bond acceptors (Lipinski definition) is 12. The van der Waals surface area contributed by atoms with Gasteiger partial charge in [0, 0.05) is 21.7 Å². The molecule has 0 aliphatic carbocycles. The van der Waals surface area contributed by atoms with Crippen LogP contribution in [0, 0.1) is 0 Å². The van der Waals surface area contributed by atoms with Gasteiger partial charge in [0.1, 0.15) is 0 Å². The molecule has 12 N–H and O–H groups in total. The summed E-state index contributed by atoms with van der Waals surface area (Å²) in [6, 6.07) is 0. The van der Waals surface area contributed by atoms with E-state index in [0.29, 0.717) is 0 Å². The molecule has 132 valence electrons. The number of aliphatic hydroxyl groups is 12. The van der Waals surface area contributed by atoms with Crippen LogP contribution < -0.4 is 0 Å². The second-order valence-corrected chi connectivity index (χ2v) is 2.65. The molecule has 0 rings (SSSR count). The van der Waals surface area contributed by atoms with Crippen molar-refractivity contribution in [2.45, 2.75) is 25.2 Å². The second-order valence-electron chi connectivity index (χ2n) is 2.65. The fourth-order valence-electron chi connectivity index (χ4n) is 0. The van der Waals surface area contributed by atoms with Crippen LogP contribution in [0.1, 0.15) is 0 Å². The summed E-state index contributed by atoms with van der Waals surface area (Å²) in [5.41, 5.74) is 0. The summed E-state index contributed by atoms with van der Waals surface area (Å²) in [6.07, 6.45) is -6.24. The van der Waals surface area contributed by atoms with Crippen molar-refractivity contribution in [1.82, 2.24) is 0 Å². The van der Waals surface area contributed by atoms with E-state index >= 15 is 0 Å². The van der Waals surface area contributed by atoms with Gasteiger partial charge in [-0.15, -0.1) is 0 Å². The topological polar surface area (TPSA) is 243 Å². The molecule has 0 amide bonds. The van der Waals surface area contributed by atoms with Crippen LogP contribution in [0.2, 0.25) is 0 Å². The maximum absolute atomic E-state index is 7.67. The maximum atomic E-state index is 7.67. The van der Waals surface area contributed by atoms with Crippen molar-refractivity contribution in [2.24, 2.45) is 0 Å². The largest absolute Gasteiger partial charge is 0.391 e. The van der Waals surface area contributed by atoms with Crippen molar-refractivity contribution in [2.75, 3.05) is 26.4 Å². The van der Waals surface area contributed by atoms with Gasteiger partial charge < -0.3 is 61.3 Å². The van der Waals surface area contributed by atoms with E-state index < -0.39 is 51.6 Å². The van der Waals surface area contributed by atoms with Crippen molar-refractivity contribution in [3.8, 4) is 0 Å². The third-order valence-electron chi connectivity index (χ3n) is 0.653. The van der Waals surface area contributed by atoms with Crippen LogP contribution in [-0.4, -0.2) is 113 Å². The summed E-state index contributed by atoms with van der Waals surface area (Å²) >= 11 is 0. The molecule has 21 heavy (non-hydrogen) atoms. The Morgan fingerprint density at radius 3 is 0.429 bits per heavy atom. The van der Waals surface area contributed by atoms with Crippen molar-refractivity contribution in [1.29, 1.82) is 0 Å². The van der Waals surface area contributed by atoms with Crippen molar-refractivity contribution < 1.29 is 83.0 Å². The van der Waals surface area contributed by atoms with E-state index in [9.17, 15) is 0 Å². The first kappa shape index (κ1) is 33.0. The van der Waals surface area contributed by atoms with Gasteiger partial charge >= 0.3 is 0 Å². The summed E-state index contributed by atoms with van der Waals surface area (Å²) < 4.78 is 0. The molecular formula is C8H24O12Ti. The fraction of sp³-hybridized carbons (Fsp3) is 1.00. The molecule has 0 saturated carbocycles. The summed E-state index contributed by atoms with van der Waals surface area (Å²) in [6.45, 7) is -2.33. The molecule has 0 unspecified atom stereocenters. The molecule has 0 aromatic rings. The third-order valence-corrected chi connectivity index (χ3v) is 0.653. The minimum Gasteiger partial charge on any atom is -0.391 e. The zero-order chi connectivity index (χ0) is 17.1. The monoisotopic (exact) mass is 360 g/mol. The molecule has 0 aromatic carbocycles. The quantitative estimate of drug-likeness (QED) is 0.165. The van der Waals surface area contributed by atoms with Crippen LogP contribution in [-0.2, 0) is 21.7 Å². The first-order valence-corrected chi connectivity index (χ1v) is 4.96. The second kappa shape index (κ2) is 28.4. The normalized spacial score (nSPS) is 9.14. The zero-order valence-corrected chi connectivity index (χ0v) is 12.6. The number of hydrogen-bond donors (Lipinski definition) is 12. The molecule has 0 aromatic heterocycles. The number of aliphatic hydroxyl groups excluding tert-OH is 8. The predicted octanol–water partition coefficient (Wildman–Crippen LogP) is -6.84. The minimum absolute atomic E-state index is 0. The Hall–Kier alpha value is 0.234. The summed E-state index contributed by atoms with van der Waals surface area (Å²) in [5.74, 6) is 0. The Morgan fingerprint density at radius 2 is 0.429 bits per heavy atom. The molecule has 0 heterocycles. The van der Waals surface area contributed by atoms with E-state index in [4.69, 9.17) is 61.3 Å². The first-order valence-electron chi connectivity index (χ1n) is 4.96. The van der Waals surface area contributed by atoms with Gasteiger partial charge in [-0.25, -0.2) is 0 Å². The standard InChI is InChI=1S/4C2H6O3.Ti/c4*3-1-2(4)5;/h4*2-5H,1H2;. The third kappa shape index (κ3) is 99.2. The van der Waals surface area contributed by atoms with Crippen LogP contribution in [0.5, 0.6) is 0 Å². The SMILES string of the molecule is OCC(O)O.OCC(O)O.OCC(O)O.OCC(O)O.[Ti]. The first-order chi connectivity index (χ1) is 9.08. The molecule has 0 fully saturated rings. The fourth-order valence-corrected chi connectivity index (χ4v) is 0. The molecular weight excluding hydrogens is 336 g/mol. The van der Waals surface area contributed by atoms with E-state index in [-0.39, 0.29) is 21.7 Å². The van der Waals surface area contributed by atoms with E-state index in [1.807, 2.05) is 0 Å². The summed E-state index contributed by atoms with van der Waals surface area (Å²) in [4.78, 5) is 0. The maximum Gasteiger partial charge on any atom is 0.175 e. The van der Waals surface area contributed by atoms with Gasteiger partial charge in [0.25, 0.3) is 0 Å². The minimum atomic E-state index is -1.56. The van der Waals surface area contributed by atoms with E-state index in [1.165, 1.54) is 0 Å². The molecule has 0 spiro atoms. The van der Waals surface area contributed by atoms with Gasteiger partial charge in [-0.05, 0) is 0 Å². The van der Waals surface area contributed by atoms with E-state index in [1.54, 1.807) is 0 Å². The Kier molecular flexibility index (Phi) is 44.6. The van der Waals surface area contributed by atoms with Crippen LogP contribution in [0.25, 0.3) is 0 Å². The van der Waals surface area contributed by atoms with Gasteiger partial charge in [-0.1, -0.05) is 0 Å². The summed E-state index contributed by atoms with van der Waals surface area (Å²) in [5, 5.41) is 91.9. The Labute approximate surface area is 135 Å². The Morgan fingerprint density at radius 1 is 0.381 bits per heavy atom. The van der Waals surface area contributed by atoms with Crippen molar-refractivity contribution in [3.63, 3.8) is 0 Å². The molecule has 0 aliphatic heterocycles. The molecule has 0 saturated heterocycles. The molecule has 13 heteroatoms. The van der Waals surface area contributed by atoms with Gasteiger partial charge in [-0.3, -0.25) is 0 Å². The van der Waals surface area contributed by atoms with Crippen molar-refractivity contribution in [3.05, 3.63) is 0 Å². The molecule has 0 aliphatic rings. The van der Waals surface area contributed by atoms with Gasteiger partial charge in [-0.2, -0.15) is 0 Å². The smallest absolute Gasteiger partial charge is 0.175 e. The average molecular weight is 360 g/mol. The molecule has 0 radical (unpaired) electrons. The van der Waals surface area contributed by atoms with Crippen LogP contribution in [0.3, 0.4) is 0 Å². The van der Waals surface area contributed by atoms with Gasteiger partial charge in [0.2, 0.25) is 0 Å². The van der Waals surface area contributed by atoms with Crippen molar-refractivity contribution >= 4 is 0 Å². The van der Waals surface area contributed by atoms with Gasteiger partial charge in [0.15, 0.2) is 25.2 Å². The van der Waals surface area contributed by atoms with Crippen LogP contribution in [0.15, 0.2) is 0 Å². The average Bonchev–Trinajstić information content (AvgIpc) is 2.40. The van der Waals surface area contributed by atoms with Crippen LogP contribution >= 0.6 is 0 Å². The predicted molar refractivity (Wildman–Crippen MR) is 61.2 cm³/mol. The van der Waals surface area contributed by atoms with Crippen LogP contribution in [0.4, 0.5) is 0 Å². The summed E-state index contributed by atoms with van der Waals surface area (Å²) in [7, 11) is 0. The Bertz CT molecular complexity index is 113. The van der Waals surface area contributed by atoms with E-state index in [0.717, 1.165) is 0 Å².